The number of nitrogens with zero attached hydrogens (tertiary/aromatic N) is 2. The average Bonchev–Trinajstić information content (AvgIpc) is 2.34. The van der Waals surface area contributed by atoms with E-state index < -0.39 is 4.92 Å². The van der Waals surface area contributed by atoms with Gasteiger partial charge in [-0.15, -0.1) is 11.6 Å². The third-order valence-electron chi connectivity index (χ3n) is 2.36. The van der Waals surface area contributed by atoms with Crippen LogP contribution in [0.4, 0.5) is 5.69 Å². The summed E-state index contributed by atoms with van der Waals surface area (Å²) < 4.78 is 0.502. The first-order valence-corrected chi connectivity index (χ1v) is 6.62. The predicted molar refractivity (Wildman–Crippen MR) is 73.1 cm³/mol. The van der Waals surface area contributed by atoms with Gasteiger partial charge in [0.25, 0.3) is 11.6 Å². The number of amides is 1. The molecule has 0 aliphatic carbocycles. The summed E-state index contributed by atoms with van der Waals surface area (Å²) >= 11 is 8.77. The Morgan fingerprint density at radius 1 is 1.50 bits per heavy atom. The minimum absolute atomic E-state index is 0.116. The molecule has 0 heterocycles. The molecule has 18 heavy (non-hydrogen) atoms. The second-order valence-electron chi connectivity index (χ2n) is 3.53. The van der Waals surface area contributed by atoms with Gasteiger partial charge in [-0.2, -0.15) is 0 Å². The molecule has 0 N–H and O–H groups in total. The van der Waals surface area contributed by atoms with E-state index in [9.17, 15) is 14.9 Å². The van der Waals surface area contributed by atoms with Crippen LogP contribution >= 0.6 is 27.5 Å². The zero-order valence-corrected chi connectivity index (χ0v) is 12.1. The van der Waals surface area contributed by atoms with Gasteiger partial charge in [0.15, 0.2) is 0 Å². The molecule has 0 unspecified atom stereocenters. The van der Waals surface area contributed by atoms with E-state index in [0.29, 0.717) is 23.4 Å². The summed E-state index contributed by atoms with van der Waals surface area (Å²) in [6, 6.07) is 4.19. The molecule has 1 aromatic carbocycles. The van der Waals surface area contributed by atoms with Crippen LogP contribution in [0.1, 0.15) is 17.3 Å². The van der Waals surface area contributed by atoms with Crippen molar-refractivity contribution >= 4 is 39.1 Å². The molecule has 0 saturated carbocycles. The van der Waals surface area contributed by atoms with Crippen LogP contribution in [0.15, 0.2) is 22.7 Å². The standard InChI is InChI=1S/C11H12BrClN2O3/c1-2-14(4-3-13)11(16)8-5-9(12)7-10(6-8)15(17)18/h5-7H,2-4H2,1H3. The van der Waals surface area contributed by atoms with Gasteiger partial charge in [0.05, 0.1) is 4.92 Å². The molecule has 0 aliphatic heterocycles. The fraction of sp³-hybridized carbons (Fsp3) is 0.364. The minimum atomic E-state index is -0.528. The molecule has 0 spiro atoms. The number of carbonyl (C=O) groups is 1. The zero-order chi connectivity index (χ0) is 13.7. The number of halogens is 2. The van der Waals surface area contributed by atoms with Crippen LogP contribution in [-0.2, 0) is 0 Å². The molecule has 0 atom stereocenters. The summed E-state index contributed by atoms with van der Waals surface area (Å²) in [7, 11) is 0. The van der Waals surface area contributed by atoms with E-state index in [1.54, 1.807) is 11.0 Å². The monoisotopic (exact) mass is 334 g/mol. The Morgan fingerprint density at radius 2 is 2.17 bits per heavy atom. The first-order chi connectivity index (χ1) is 8.49. The third-order valence-corrected chi connectivity index (χ3v) is 2.99. The van der Waals surface area contributed by atoms with Crippen LogP contribution in [0.25, 0.3) is 0 Å². The van der Waals surface area contributed by atoms with E-state index in [2.05, 4.69) is 15.9 Å². The van der Waals surface area contributed by atoms with Crippen molar-refractivity contribution in [1.82, 2.24) is 4.90 Å². The van der Waals surface area contributed by atoms with E-state index in [1.807, 2.05) is 6.92 Å². The fourth-order valence-electron chi connectivity index (χ4n) is 1.49. The van der Waals surface area contributed by atoms with Crippen molar-refractivity contribution < 1.29 is 9.72 Å². The fourth-order valence-corrected chi connectivity index (χ4v) is 2.18. The summed E-state index contributed by atoms with van der Waals surface area (Å²) in [6.07, 6.45) is 0. The lowest BCUT2D eigenvalue weighted by Crippen LogP contribution is -2.32. The number of rotatable bonds is 5. The topological polar surface area (TPSA) is 63.5 Å². The van der Waals surface area contributed by atoms with Crippen LogP contribution in [0.2, 0.25) is 0 Å². The van der Waals surface area contributed by atoms with Crippen molar-refractivity contribution in [3.8, 4) is 0 Å². The first kappa shape index (κ1) is 14.9. The molecule has 98 valence electrons. The smallest absolute Gasteiger partial charge is 0.271 e. The Balaban J connectivity index is 3.08. The molecule has 0 aliphatic rings. The van der Waals surface area contributed by atoms with Crippen LogP contribution in [0, 0.1) is 10.1 Å². The quantitative estimate of drug-likeness (QED) is 0.472. The van der Waals surface area contributed by atoms with Gasteiger partial charge in [-0.05, 0) is 13.0 Å². The van der Waals surface area contributed by atoms with Crippen LogP contribution in [0.5, 0.6) is 0 Å². The lowest BCUT2D eigenvalue weighted by Gasteiger charge is -2.19. The van der Waals surface area contributed by atoms with Crippen molar-refractivity contribution in [3.63, 3.8) is 0 Å². The normalized spacial score (nSPS) is 10.2. The maximum atomic E-state index is 12.1. The van der Waals surface area contributed by atoms with Gasteiger partial charge in [0.2, 0.25) is 0 Å². The summed E-state index contributed by atoms with van der Waals surface area (Å²) in [4.78, 5) is 23.9. The van der Waals surface area contributed by atoms with Crippen molar-refractivity contribution in [2.24, 2.45) is 0 Å². The number of nitro groups is 1. The van der Waals surface area contributed by atoms with Crippen molar-refractivity contribution in [1.29, 1.82) is 0 Å². The molecule has 0 bridgehead atoms. The lowest BCUT2D eigenvalue weighted by molar-refractivity contribution is -0.385. The number of hydrogen-bond donors (Lipinski definition) is 0. The Morgan fingerprint density at radius 3 is 2.67 bits per heavy atom. The molecular weight excluding hydrogens is 323 g/mol. The highest BCUT2D eigenvalue weighted by atomic mass is 79.9. The molecule has 1 amide bonds. The molecule has 0 saturated heterocycles. The second-order valence-corrected chi connectivity index (χ2v) is 4.82. The predicted octanol–water partition coefficient (Wildman–Crippen LogP) is 3.06. The summed E-state index contributed by atoms with van der Waals surface area (Å²) in [5.41, 5.74) is 0.165. The number of nitro benzene ring substituents is 1. The summed E-state index contributed by atoms with van der Waals surface area (Å²) in [6.45, 7) is 2.75. The largest absolute Gasteiger partial charge is 0.338 e. The number of carbonyl (C=O) groups excluding carboxylic acids is 1. The highest BCUT2D eigenvalue weighted by Crippen LogP contribution is 2.22. The zero-order valence-electron chi connectivity index (χ0n) is 9.73. The first-order valence-electron chi connectivity index (χ1n) is 5.29. The van der Waals surface area contributed by atoms with E-state index in [0.717, 1.165) is 0 Å². The van der Waals surface area contributed by atoms with Gasteiger partial charge in [-0.3, -0.25) is 14.9 Å². The van der Waals surface area contributed by atoms with Gasteiger partial charge in [-0.1, -0.05) is 15.9 Å². The summed E-state index contributed by atoms with van der Waals surface area (Å²) in [5, 5.41) is 10.7. The molecule has 1 aromatic rings. The van der Waals surface area contributed by atoms with Crippen LogP contribution in [0.3, 0.4) is 0 Å². The Labute approximate surface area is 118 Å². The maximum absolute atomic E-state index is 12.1. The van der Waals surface area contributed by atoms with Gasteiger partial charge in [-0.25, -0.2) is 0 Å². The van der Waals surface area contributed by atoms with Crippen LogP contribution in [-0.4, -0.2) is 34.7 Å². The van der Waals surface area contributed by atoms with Crippen molar-refractivity contribution in [3.05, 3.63) is 38.3 Å². The maximum Gasteiger partial charge on any atom is 0.271 e. The number of benzene rings is 1. The molecule has 0 aromatic heterocycles. The highest BCUT2D eigenvalue weighted by Gasteiger charge is 2.17. The molecule has 0 radical (unpaired) electrons. The van der Waals surface area contributed by atoms with E-state index in [1.165, 1.54) is 12.1 Å². The Kier molecular flexibility index (Phi) is 5.55. The number of hydrogen-bond acceptors (Lipinski definition) is 3. The highest BCUT2D eigenvalue weighted by molar-refractivity contribution is 9.10. The Hall–Kier alpha value is -1.14. The number of alkyl halides is 1. The van der Waals surface area contributed by atoms with Gasteiger partial charge >= 0.3 is 0 Å². The van der Waals surface area contributed by atoms with E-state index in [4.69, 9.17) is 11.6 Å². The average molecular weight is 336 g/mol. The lowest BCUT2D eigenvalue weighted by atomic mass is 10.1. The molecule has 5 nitrogen and oxygen atoms in total. The molecule has 7 heteroatoms. The van der Waals surface area contributed by atoms with Crippen LogP contribution < -0.4 is 0 Å². The summed E-state index contributed by atoms with van der Waals surface area (Å²) in [5.74, 6) is 0.0675. The second kappa shape index (κ2) is 6.70. The molecular formula is C11H12BrClN2O3. The molecule has 0 fully saturated rings. The van der Waals surface area contributed by atoms with Gasteiger partial charge in [0.1, 0.15) is 0 Å². The third kappa shape index (κ3) is 3.68. The van der Waals surface area contributed by atoms with Crippen molar-refractivity contribution in [2.75, 3.05) is 19.0 Å². The SMILES string of the molecule is CCN(CCCl)C(=O)c1cc(Br)cc([N+](=O)[O-])c1. The van der Waals surface area contributed by atoms with Gasteiger partial charge < -0.3 is 4.90 Å². The molecule has 1 rings (SSSR count). The Bertz CT molecular complexity index is 468. The van der Waals surface area contributed by atoms with Crippen molar-refractivity contribution in [2.45, 2.75) is 6.92 Å². The van der Waals surface area contributed by atoms with Gasteiger partial charge in [0, 0.05) is 41.1 Å². The van der Waals surface area contributed by atoms with E-state index in [-0.39, 0.29) is 17.2 Å². The van der Waals surface area contributed by atoms with E-state index >= 15 is 0 Å². The minimum Gasteiger partial charge on any atom is -0.338 e. The number of non-ortho nitro benzene ring substituents is 1.